The lowest BCUT2D eigenvalue weighted by atomic mass is 9.57. The van der Waals surface area contributed by atoms with Crippen molar-refractivity contribution < 1.29 is 0 Å². The summed E-state index contributed by atoms with van der Waals surface area (Å²) in [5, 5.41) is 0. The molecule has 0 bridgehead atoms. The van der Waals surface area contributed by atoms with Gasteiger partial charge in [-0.15, -0.1) is 6.58 Å². The molecule has 3 heteroatoms. The van der Waals surface area contributed by atoms with E-state index in [0.29, 0.717) is 0 Å². The first-order valence-corrected chi connectivity index (χ1v) is 12.8. The van der Waals surface area contributed by atoms with Gasteiger partial charge in [0.05, 0.1) is 5.69 Å². The number of fused-ring (bicyclic) bond motifs is 5. The normalized spacial score (nSPS) is 21.5. The molecule has 0 amide bonds. The lowest BCUT2D eigenvalue weighted by Crippen LogP contribution is -2.61. The molecule has 0 N–H and O–H groups in total. The highest BCUT2D eigenvalue weighted by molar-refractivity contribution is 5.90. The molecular weight excluding hydrogens is 438 g/mol. The van der Waals surface area contributed by atoms with E-state index in [1.807, 2.05) is 6.20 Å². The maximum Gasteiger partial charge on any atom is 0.158 e. The molecular formula is C33H33N3. The summed E-state index contributed by atoms with van der Waals surface area (Å²) in [5.74, 6) is 1.02. The maximum absolute atomic E-state index is 4.95. The molecule has 3 nitrogen and oxygen atoms in total. The number of rotatable bonds is 4. The molecule has 2 aliphatic heterocycles. The van der Waals surface area contributed by atoms with E-state index in [1.165, 1.54) is 33.6 Å². The Kier molecular flexibility index (Phi) is 5.08. The van der Waals surface area contributed by atoms with Crippen LogP contribution in [0.4, 0.5) is 22.9 Å². The van der Waals surface area contributed by atoms with Gasteiger partial charge in [-0.25, -0.2) is 4.98 Å². The zero-order valence-electron chi connectivity index (χ0n) is 21.6. The van der Waals surface area contributed by atoms with Crippen molar-refractivity contribution in [1.29, 1.82) is 0 Å². The van der Waals surface area contributed by atoms with Gasteiger partial charge in [0.25, 0.3) is 0 Å². The first-order valence-electron chi connectivity index (χ1n) is 12.8. The maximum atomic E-state index is 4.95. The van der Waals surface area contributed by atoms with Crippen LogP contribution in [0, 0.1) is 12.3 Å². The van der Waals surface area contributed by atoms with Crippen LogP contribution in [0.3, 0.4) is 0 Å². The summed E-state index contributed by atoms with van der Waals surface area (Å²) < 4.78 is 0. The number of hydrogen-bond donors (Lipinski definition) is 0. The topological polar surface area (TPSA) is 19.4 Å². The third-order valence-electron chi connectivity index (χ3n) is 8.77. The molecule has 0 spiro atoms. The molecule has 1 aromatic heterocycles. The number of benzene rings is 3. The minimum absolute atomic E-state index is 0.0620. The Balaban J connectivity index is 1.63. The predicted octanol–water partition coefficient (Wildman–Crippen LogP) is 8.55. The van der Waals surface area contributed by atoms with Crippen LogP contribution in [0.1, 0.15) is 38.3 Å². The minimum Gasteiger partial charge on any atom is -0.316 e. The van der Waals surface area contributed by atoms with Crippen LogP contribution in [0.5, 0.6) is 0 Å². The Morgan fingerprint density at radius 3 is 2.28 bits per heavy atom. The standard InChI is InChI=1S/C33H33N3/c1-6-21-33(5)26-17-10-11-18-28(26)36-30-29(20-13-22-34-30)35(31(36)32(33,3)4)27-19-12-16-25(23(27)2)24-14-8-7-9-15-24/h6-20,22,31H,1,21H2,2-5H3. The molecule has 3 heterocycles. The molecule has 36 heavy (non-hydrogen) atoms. The number of allylic oxidation sites excluding steroid dienone is 1. The number of aromatic nitrogens is 1. The Bertz CT molecular complexity index is 1460. The summed E-state index contributed by atoms with van der Waals surface area (Å²) in [6, 6.07) is 30.5. The number of para-hydroxylation sites is 1. The lowest BCUT2D eigenvalue weighted by molar-refractivity contribution is 0.131. The molecule has 0 saturated carbocycles. The minimum atomic E-state index is -0.133. The van der Waals surface area contributed by atoms with E-state index in [0.717, 1.165) is 17.9 Å². The summed E-state index contributed by atoms with van der Waals surface area (Å²) in [5.41, 5.74) is 8.53. The van der Waals surface area contributed by atoms with Crippen molar-refractivity contribution >= 4 is 22.9 Å². The zero-order chi connectivity index (χ0) is 25.1. The molecule has 0 fully saturated rings. The SMILES string of the molecule is C=CCC1(C)c2ccccc2N2c3ncccc3N(c3cccc(-c4ccccc4)c3C)C2C1(C)C. The highest BCUT2D eigenvalue weighted by atomic mass is 15.5. The highest BCUT2D eigenvalue weighted by Crippen LogP contribution is 2.63. The smallest absolute Gasteiger partial charge is 0.158 e. The first-order chi connectivity index (χ1) is 17.4. The van der Waals surface area contributed by atoms with Crippen LogP contribution in [0.2, 0.25) is 0 Å². The second-order valence-electron chi connectivity index (χ2n) is 10.8. The zero-order valence-corrected chi connectivity index (χ0v) is 21.6. The molecule has 2 unspecified atom stereocenters. The van der Waals surface area contributed by atoms with E-state index in [9.17, 15) is 0 Å². The highest BCUT2D eigenvalue weighted by Gasteiger charge is 2.59. The van der Waals surface area contributed by atoms with Crippen molar-refractivity contribution in [3.8, 4) is 11.1 Å². The Labute approximate surface area is 214 Å². The summed E-state index contributed by atoms with van der Waals surface area (Å²) in [7, 11) is 0. The second-order valence-corrected chi connectivity index (χ2v) is 10.8. The molecule has 0 saturated heterocycles. The van der Waals surface area contributed by atoms with Crippen LogP contribution < -0.4 is 9.80 Å². The van der Waals surface area contributed by atoms with Crippen LogP contribution in [-0.4, -0.2) is 11.1 Å². The van der Waals surface area contributed by atoms with Gasteiger partial charge in [-0.3, -0.25) is 0 Å². The van der Waals surface area contributed by atoms with Crippen LogP contribution in [0.25, 0.3) is 11.1 Å². The van der Waals surface area contributed by atoms with E-state index >= 15 is 0 Å². The first kappa shape index (κ1) is 22.6. The fourth-order valence-electron chi connectivity index (χ4n) is 6.54. The number of nitrogens with zero attached hydrogens (tertiary/aromatic N) is 3. The van der Waals surface area contributed by atoms with Crippen LogP contribution >= 0.6 is 0 Å². The van der Waals surface area contributed by atoms with Gasteiger partial charge in [0.2, 0.25) is 0 Å². The van der Waals surface area contributed by atoms with Crippen LogP contribution in [0.15, 0.2) is 104 Å². The molecule has 0 aliphatic carbocycles. The fraction of sp³-hybridized carbons (Fsp3) is 0.242. The molecule has 3 aromatic carbocycles. The van der Waals surface area contributed by atoms with Gasteiger partial charge in [-0.2, -0.15) is 0 Å². The van der Waals surface area contributed by atoms with Crippen molar-refractivity contribution in [1.82, 2.24) is 4.98 Å². The fourth-order valence-corrected chi connectivity index (χ4v) is 6.54. The average molecular weight is 472 g/mol. The van der Waals surface area contributed by atoms with Gasteiger partial charge in [0, 0.05) is 28.4 Å². The van der Waals surface area contributed by atoms with E-state index in [-0.39, 0.29) is 17.0 Å². The van der Waals surface area contributed by atoms with Gasteiger partial charge in [0.1, 0.15) is 6.17 Å². The van der Waals surface area contributed by atoms with E-state index in [2.05, 4.69) is 135 Å². The third kappa shape index (κ3) is 2.95. The molecule has 2 atom stereocenters. The van der Waals surface area contributed by atoms with Crippen molar-refractivity contribution in [2.75, 3.05) is 9.80 Å². The molecule has 180 valence electrons. The molecule has 0 radical (unpaired) electrons. The third-order valence-corrected chi connectivity index (χ3v) is 8.77. The Morgan fingerprint density at radius 2 is 1.50 bits per heavy atom. The number of anilines is 4. The Hall–Kier alpha value is -3.85. The largest absolute Gasteiger partial charge is 0.316 e. The Morgan fingerprint density at radius 1 is 0.806 bits per heavy atom. The van der Waals surface area contributed by atoms with Gasteiger partial charge in [0.15, 0.2) is 5.82 Å². The van der Waals surface area contributed by atoms with Gasteiger partial charge < -0.3 is 9.80 Å². The summed E-state index contributed by atoms with van der Waals surface area (Å²) >= 11 is 0. The monoisotopic (exact) mass is 471 g/mol. The second kappa shape index (κ2) is 8.09. The van der Waals surface area contributed by atoms with E-state index in [1.54, 1.807) is 0 Å². The van der Waals surface area contributed by atoms with E-state index < -0.39 is 0 Å². The number of pyridine rings is 1. The van der Waals surface area contributed by atoms with Crippen LogP contribution in [-0.2, 0) is 5.41 Å². The molecule has 4 aromatic rings. The number of hydrogen-bond acceptors (Lipinski definition) is 3. The summed E-state index contributed by atoms with van der Waals surface area (Å²) in [4.78, 5) is 9.97. The lowest BCUT2D eigenvalue weighted by Gasteiger charge is -2.57. The van der Waals surface area contributed by atoms with Gasteiger partial charge in [-0.1, -0.05) is 87.5 Å². The predicted molar refractivity (Wildman–Crippen MR) is 151 cm³/mol. The van der Waals surface area contributed by atoms with Gasteiger partial charge >= 0.3 is 0 Å². The van der Waals surface area contributed by atoms with Crippen molar-refractivity contribution in [2.45, 2.75) is 45.7 Å². The van der Waals surface area contributed by atoms with Crippen molar-refractivity contribution in [3.63, 3.8) is 0 Å². The van der Waals surface area contributed by atoms with E-state index in [4.69, 9.17) is 4.98 Å². The summed E-state index contributed by atoms with van der Waals surface area (Å²) in [6.07, 6.45) is 4.97. The molecule has 2 aliphatic rings. The van der Waals surface area contributed by atoms with Crippen molar-refractivity contribution in [2.24, 2.45) is 5.41 Å². The quantitative estimate of drug-likeness (QED) is 0.278. The summed E-state index contributed by atoms with van der Waals surface area (Å²) in [6.45, 7) is 13.7. The molecule has 6 rings (SSSR count). The van der Waals surface area contributed by atoms with Gasteiger partial charge in [-0.05, 0) is 59.9 Å². The average Bonchev–Trinajstić information content (AvgIpc) is 3.25. The van der Waals surface area contributed by atoms with Crippen molar-refractivity contribution in [3.05, 3.63) is 115 Å².